The van der Waals surface area contributed by atoms with Crippen molar-refractivity contribution >= 4 is 23.7 Å². The molecule has 0 atom stereocenters. The minimum absolute atomic E-state index is 0.111. The smallest absolute Gasteiger partial charge is 0.416 e. The maximum atomic E-state index is 13.3. The Balaban J connectivity index is 1.88. The lowest BCUT2D eigenvalue weighted by Crippen LogP contribution is -2.38. The molecule has 3 rings (SSSR count). The van der Waals surface area contributed by atoms with Crippen LogP contribution in [-0.4, -0.2) is 46.6 Å². The standard InChI is InChI=1S/C21H20F3N5O4S/c1-25-19(31)26-18(30)12-34-20-28-27-17(11-33-16-8-6-15(32-2)7-9-16)29(20)14-5-3-4-13(10-14)21(22,23)24/h3-10H,11-12H2,1-2H3,(H2,25,26,30,31). The van der Waals surface area contributed by atoms with Gasteiger partial charge in [0.05, 0.1) is 24.1 Å². The molecule has 1 heterocycles. The van der Waals surface area contributed by atoms with Crippen LogP contribution < -0.4 is 20.1 Å². The van der Waals surface area contributed by atoms with Gasteiger partial charge in [-0.25, -0.2) is 4.79 Å². The number of aromatic nitrogens is 3. The average Bonchev–Trinajstić information content (AvgIpc) is 3.24. The molecule has 180 valence electrons. The summed E-state index contributed by atoms with van der Waals surface area (Å²) in [7, 11) is 2.89. The zero-order valence-corrected chi connectivity index (χ0v) is 18.9. The minimum atomic E-state index is -4.55. The highest BCUT2D eigenvalue weighted by Crippen LogP contribution is 2.32. The van der Waals surface area contributed by atoms with Crippen LogP contribution in [0, 0.1) is 0 Å². The lowest BCUT2D eigenvalue weighted by Gasteiger charge is -2.13. The van der Waals surface area contributed by atoms with Gasteiger partial charge in [0.1, 0.15) is 18.1 Å². The van der Waals surface area contributed by atoms with Gasteiger partial charge in [0.2, 0.25) is 5.91 Å². The van der Waals surface area contributed by atoms with Crippen LogP contribution in [0.3, 0.4) is 0 Å². The van der Waals surface area contributed by atoms with Crippen molar-refractivity contribution in [2.45, 2.75) is 17.9 Å². The van der Waals surface area contributed by atoms with Gasteiger partial charge in [0.15, 0.2) is 11.0 Å². The maximum absolute atomic E-state index is 13.3. The molecule has 34 heavy (non-hydrogen) atoms. The fourth-order valence-corrected chi connectivity index (χ4v) is 3.51. The van der Waals surface area contributed by atoms with Gasteiger partial charge in [-0.1, -0.05) is 17.8 Å². The molecule has 0 unspecified atom stereocenters. The molecule has 0 aliphatic heterocycles. The number of methoxy groups -OCH3 is 1. The summed E-state index contributed by atoms with van der Waals surface area (Å²) >= 11 is 0.907. The van der Waals surface area contributed by atoms with Gasteiger partial charge in [0, 0.05) is 7.05 Å². The first-order chi connectivity index (χ1) is 16.2. The van der Waals surface area contributed by atoms with Crippen molar-refractivity contribution in [3.05, 3.63) is 59.9 Å². The molecule has 0 saturated heterocycles. The number of hydrogen-bond donors (Lipinski definition) is 2. The van der Waals surface area contributed by atoms with Crippen molar-refractivity contribution in [2.75, 3.05) is 19.9 Å². The van der Waals surface area contributed by atoms with E-state index in [0.717, 1.165) is 23.9 Å². The van der Waals surface area contributed by atoms with E-state index in [9.17, 15) is 22.8 Å². The minimum Gasteiger partial charge on any atom is -0.497 e. The van der Waals surface area contributed by atoms with Crippen LogP contribution in [0.15, 0.2) is 53.7 Å². The summed E-state index contributed by atoms with van der Waals surface area (Å²) < 4.78 is 52.0. The highest BCUT2D eigenvalue weighted by molar-refractivity contribution is 7.99. The van der Waals surface area contributed by atoms with E-state index < -0.39 is 23.7 Å². The Kier molecular flexibility index (Phi) is 7.99. The molecule has 3 aromatic rings. The number of ether oxygens (including phenoxy) is 2. The monoisotopic (exact) mass is 495 g/mol. The highest BCUT2D eigenvalue weighted by atomic mass is 32.2. The first kappa shape index (κ1) is 24.9. The number of rotatable bonds is 8. The summed E-state index contributed by atoms with van der Waals surface area (Å²) in [5, 5.41) is 12.6. The number of halogens is 3. The van der Waals surface area contributed by atoms with Crippen LogP contribution in [0.2, 0.25) is 0 Å². The zero-order valence-electron chi connectivity index (χ0n) is 18.0. The predicted octanol–water partition coefficient (Wildman–Crippen LogP) is 3.42. The molecule has 0 bridgehead atoms. The van der Waals surface area contributed by atoms with E-state index in [1.807, 2.05) is 0 Å². The van der Waals surface area contributed by atoms with E-state index in [4.69, 9.17) is 9.47 Å². The number of benzene rings is 2. The Morgan fingerprint density at radius 3 is 2.44 bits per heavy atom. The summed E-state index contributed by atoms with van der Waals surface area (Å²) in [6, 6.07) is 10.7. The molecular formula is C21H20F3N5O4S. The zero-order chi connectivity index (χ0) is 24.7. The third-order valence-electron chi connectivity index (χ3n) is 4.37. The number of nitrogens with zero attached hydrogens (tertiary/aromatic N) is 3. The lowest BCUT2D eigenvalue weighted by atomic mass is 10.2. The van der Waals surface area contributed by atoms with Gasteiger partial charge in [-0.3, -0.25) is 14.7 Å². The molecule has 3 amide bonds. The number of nitrogens with one attached hydrogen (secondary N) is 2. The highest BCUT2D eigenvalue weighted by Gasteiger charge is 2.31. The fraction of sp³-hybridized carbons (Fsp3) is 0.238. The molecule has 2 N–H and O–H groups in total. The van der Waals surface area contributed by atoms with Gasteiger partial charge in [0.25, 0.3) is 0 Å². The van der Waals surface area contributed by atoms with Crippen LogP contribution in [-0.2, 0) is 17.6 Å². The molecule has 9 nitrogen and oxygen atoms in total. The number of imide groups is 1. The molecule has 2 aromatic carbocycles. The Labute approximate surface area is 196 Å². The number of alkyl halides is 3. The predicted molar refractivity (Wildman–Crippen MR) is 117 cm³/mol. The third kappa shape index (κ3) is 6.41. The SMILES string of the molecule is CNC(=O)NC(=O)CSc1nnc(COc2ccc(OC)cc2)n1-c1cccc(C(F)(F)F)c1. The molecule has 0 aliphatic rings. The van der Waals surface area contributed by atoms with Crippen LogP contribution in [0.5, 0.6) is 11.5 Å². The number of thioether (sulfide) groups is 1. The van der Waals surface area contributed by atoms with Crippen molar-refractivity contribution in [2.24, 2.45) is 0 Å². The fourth-order valence-electron chi connectivity index (χ4n) is 2.74. The van der Waals surface area contributed by atoms with Crippen molar-refractivity contribution in [3.8, 4) is 17.2 Å². The Bertz CT molecular complexity index is 1150. The van der Waals surface area contributed by atoms with Gasteiger partial charge in [-0.05, 0) is 42.5 Å². The number of carbonyl (C=O) groups is 2. The van der Waals surface area contributed by atoms with Gasteiger partial charge in [-0.15, -0.1) is 10.2 Å². The van der Waals surface area contributed by atoms with Crippen LogP contribution in [0.4, 0.5) is 18.0 Å². The van der Waals surface area contributed by atoms with E-state index in [1.54, 1.807) is 24.3 Å². The summed E-state index contributed by atoms with van der Waals surface area (Å²) in [5.41, 5.74) is -0.712. The molecular weight excluding hydrogens is 475 g/mol. The van der Waals surface area contributed by atoms with Crippen molar-refractivity contribution in [3.63, 3.8) is 0 Å². The van der Waals surface area contributed by atoms with Crippen molar-refractivity contribution in [1.82, 2.24) is 25.4 Å². The van der Waals surface area contributed by atoms with Crippen LogP contribution in [0.25, 0.3) is 5.69 Å². The number of hydrogen-bond acceptors (Lipinski definition) is 7. The van der Waals surface area contributed by atoms with E-state index in [2.05, 4.69) is 20.8 Å². The van der Waals surface area contributed by atoms with E-state index in [0.29, 0.717) is 11.5 Å². The Hall–Kier alpha value is -3.74. The summed E-state index contributed by atoms with van der Waals surface area (Å²) in [6.45, 7) is -0.111. The summed E-state index contributed by atoms with van der Waals surface area (Å²) in [6.07, 6.45) is -4.55. The van der Waals surface area contributed by atoms with Gasteiger partial charge >= 0.3 is 12.2 Å². The van der Waals surface area contributed by atoms with E-state index >= 15 is 0 Å². The maximum Gasteiger partial charge on any atom is 0.416 e. The molecule has 0 fully saturated rings. The third-order valence-corrected chi connectivity index (χ3v) is 5.30. The van der Waals surface area contributed by atoms with Crippen LogP contribution in [0.1, 0.15) is 11.4 Å². The average molecular weight is 495 g/mol. The second-order valence-electron chi connectivity index (χ2n) is 6.66. The van der Waals surface area contributed by atoms with Crippen molar-refractivity contribution < 1.29 is 32.2 Å². The first-order valence-corrected chi connectivity index (χ1v) is 10.7. The molecule has 13 heteroatoms. The molecule has 0 spiro atoms. The summed E-state index contributed by atoms with van der Waals surface area (Å²) in [4.78, 5) is 23.3. The molecule has 1 aromatic heterocycles. The van der Waals surface area contributed by atoms with E-state index in [1.165, 1.54) is 30.9 Å². The first-order valence-electron chi connectivity index (χ1n) is 9.74. The Morgan fingerprint density at radius 2 is 1.79 bits per heavy atom. The van der Waals surface area contributed by atoms with Gasteiger partial charge in [-0.2, -0.15) is 13.2 Å². The largest absolute Gasteiger partial charge is 0.497 e. The normalized spacial score (nSPS) is 11.1. The number of carbonyl (C=O) groups excluding carboxylic acids is 2. The molecule has 0 aliphatic carbocycles. The number of urea groups is 1. The topological polar surface area (TPSA) is 107 Å². The second kappa shape index (κ2) is 10.9. The Morgan fingerprint density at radius 1 is 1.09 bits per heavy atom. The van der Waals surface area contributed by atoms with Gasteiger partial charge < -0.3 is 14.8 Å². The molecule has 0 radical (unpaired) electrons. The lowest BCUT2D eigenvalue weighted by molar-refractivity contribution is -0.137. The molecule has 0 saturated carbocycles. The quantitative estimate of drug-likeness (QED) is 0.461. The second-order valence-corrected chi connectivity index (χ2v) is 7.60. The van der Waals surface area contributed by atoms with Crippen molar-refractivity contribution in [1.29, 1.82) is 0 Å². The number of amides is 3. The van der Waals surface area contributed by atoms with E-state index in [-0.39, 0.29) is 29.0 Å². The van der Waals surface area contributed by atoms with Crippen LogP contribution >= 0.6 is 11.8 Å². The summed E-state index contributed by atoms with van der Waals surface area (Å²) in [5.74, 6) is 0.499.